The first kappa shape index (κ1) is 17.7. The second-order valence-corrected chi connectivity index (χ2v) is 6.27. The highest BCUT2D eigenvalue weighted by Gasteiger charge is 2.11. The molecule has 3 aromatic rings. The van der Waals surface area contributed by atoms with E-state index in [1.807, 2.05) is 30.3 Å². The van der Waals surface area contributed by atoms with Gasteiger partial charge in [-0.15, -0.1) is 10.2 Å². The number of aromatic nitrogens is 2. The molecule has 0 aliphatic rings. The molecule has 0 aliphatic carbocycles. The second-order valence-electron chi connectivity index (χ2n) is 5.34. The molecule has 0 saturated carbocycles. The van der Waals surface area contributed by atoms with Gasteiger partial charge in [-0.2, -0.15) is 0 Å². The van der Waals surface area contributed by atoms with E-state index in [4.69, 9.17) is 9.62 Å². The van der Waals surface area contributed by atoms with Crippen LogP contribution in [0.25, 0.3) is 11.5 Å². The van der Waals surface area contributed by atoms with Gasteiger partial charge in [0.15, 0.2) is 0 Å². The molecule has 0 unspecified atom stereocenters. The summed E-state index contributed by atoms with van der Waals surface area (Å²) in [5, 5.41) is 22.9. The van der Waals surface area contributed by atoms with E-state index in [1.165, 1.54) is 11.8 Å². The zero-order chi connectivity index (χ0) is 18.4. The summed E-state index contributed by atoms with van der Waals surface area (Å²) in [6.07, 6.45) is 0. The maximum absolute atomic E-state index is 12.1. The lowest BCUT2D eigenvalue weighted by Gasteiger charge is -2.05. The van der Waals surface area contributed by atoms with Gasteiger partial charge < -0.3 is 14.9 Å². The summed E-state index contributed by atoms with van der Waals surface area (Å²) in [6.45, 7) is 1.69. The van der Waals surface area contributed by atoms with Crippen LogP contribution >= 0.6 is 11.8 Å². The summed E-state index contributed by atoms with van der Waals surface area (Å²) >= 11 is 1.17. The lowest BCUT2D eigenvalue weighted by Crippen LogP contribution is -2.14. The molecular weight excluding hydrogens is 352 g/mol. The van der Waals surface area contributed by atoms with Gasteiger partial charge in [-0.25, -0.2) is 0 Å². The van der Waals surface area contributed by atoms with E-state index in [1.54, 1.807) is 31.2 Å². The number of nitrogens with zero attached hydrogens (tertiary/aromatic N) is 3. The van der Waals surface area contributed by atoms with Crippen LogP contribution in [-0.2, 0) is 4.79 Å². The van der Waals surface area contributed by atoms with Gasteiger partial charge in [0.1, 0.15) is 0 Å². The molecular formula is C18H16N4O3S. The van der Waals surface area contributed by atoms with E-state index < -0.39 is 0 Å². The zero-order valence-corrected chi connectivity index (χ0v) is 14.7. The Morgan fingerprint density at radius 1 is 1.15 bits per heavy atom. The summed E-state index contributed by atoms with van der Waals surface area (Å²) in [5.74, 6) is 0.384. The van der Waals surface area contributed by atoms with Gasteiger partial charge in [0, 0.05) is 11.3 Å². The molecule has 1 heterocycles. The molecule has 26 heavy (non-hydrogen) atoms. The lowest BCUT2D eigenvalue weighted by atomic mass is 10.1. The molecule has 0 spiro atoms. The Labute approximate surface area is 154 Å². The molecule has 3 rings (SSSR count). The monoisotopic (exact) mass is 368 g/mol. The van der Waals surface area contributed by atoms with Gasteiger partial charge in [0.25, 0.3) is 5.22 Å². The third-order valence-electron chi connectivity index (χ3n) is 3.49. The summed E-state index contributed by atoms with van der Waals surface area (Å²) in [7, 11) is 0. The van der Waals surface area contributed by atoms with Gasteiger partial charge in [0.05, 0.1) is 11.5 Å². The molecule has 0 atom stereocenters. The fourth-order valence-electron chi connectivity index (χ4n) is 2.14. The molecule has 0 bridgehead atoms. The van der Waals surface area contributed by atoms with Crippen molar-refractivity contribution in [1.29, 1.82) is 0 Å². The van der Waals surface area contributed by atoms with Gasteiger partial charge in [0.2, 0.25) is 11.8 Å². The Morgan fingerprint density at radius 2 is 1.88 bits per heavy atom. The summed E-state index contributed by atoms with van der Waals surface area (Å²) in [4.78, 5) is 12.1. The molecule has 1 amide bonds. The predicted molar refractivity (Wildman–Crippen MR) is 99.5 cm³/mol. The average Bonchev–Trinajstić information content (AvgIpc) is 3.16. The Kier molecular flexibility index (Phi) is 5.65. The number of rotatable bonds is 6. The van der Waals surface area contributed by atoms with Crippen LogP contribution < -0.4 is 5.32 Å². The highest BCUT2D eigenvalue weighted by atomic mass is 32.2. The van der Waals surface area contributed by atoms with Crippen LogP contribution in [0.4, 0.5) is 5.69 Å². The van der Waals surface area contributed by atoms with E-state index in [2.05, 4.69) is 20.7 Å². The molecule has 8 heteroatoms. The van der Waals surface area contributed by atoms with Crippen LogP contribution in [0.3, 0.4) is 0 Å². The lowest BCUT2D eigenvalue weighted by molar-refractivity contribution is -0.113. The molecule has 0 radical (unpaired) electrons. The minimum atomic E-state index is -0.185. The van der Waals surface area contributed by atoms with E-state index in [-0.39, 0.29) is 11.7 Å². The smallest absolute Gasteiger partial charge is 0.277 e. The van der Waals surface area contributed by atoms with Crippen molar-refractivity contribution in [2.24, 2.45) is 5.16 Å². The van der Waals surface area contributed by atoms with Crippen molar-refractivity contribution in [3.63, 3.8) is 0 Å². The van der Waals surface area contributed by atoms with Crippen molar-refractivity contribution in [3.8, 4) is 11.5 Å². The zero-order valence-electron chi connectivity index (χ0n) is 13.9. The van der Waals surface area contributed by atoms with Crippen molar-refractivity contribution < 1.29 is 14.4 Å². The van der Waals surface area contributed by atoms with Crippen LogP contribution in [0.2, 0.25) is 0 Å². The molecule has 1 aromatic heterocycles. The largest absolute Gasteiger partial charge is 0.411 e. The van der Waals surface area contributed by atoms with E-state index in [9.17, 15) is 4.79 Å². The van der Waals surface area contributed by atoms with Crippen LogP contribution in [-0.4, -0.2) is 32.8 Å². The first-order chi connectivity index (χ1) is 12.7. The summed E-state index contributed by atoms with van der Waals surface area (Å²) in [6, 6.07) is 16.5. The van der Waals surface area contributed by atoms with Crippen molar-refractivity contribution >= 4 is 29.1 Å². The first-order valence-corrected chi connectivity index (χ1v) is 8.75. The Bertz CT molecular complexity index is 908. The number of thioether (sulfide) groups is 1. The number of oxime groups is 1. The summed E-state index contributed by atoms with van der Waals surface area (Å²) in [5.41, 5.74) is 2.77. The number of anilines is 1. The molecule has 0 aliphatic heterocycles. The van der Waals surface area contributed by atoms with Gasteiger partial charge >= 0.3 is 0 Å². The van der Waals surface area contributed by atoms with Crippen molar-refractivity contribution in [2.75, 3.05) is 11.1 Å². The average molecular weight is 368 g/mol. The van der Waals surface area contributed by atoms with Gasteiger partial charge in [-0.05, 0) is 36.8 Å². The Balaban J connectivity index is 1.54. The molecule has 2 N–H and O–H groups in total. The van der Waals surface area contributed by atoms with Crippen LogP contribution in [0.5, 0.6) is 0 Å². The minimum absolute atomic E-state index is 0.148. The van der Waals surface area contributed by atoms with Crippen molar-refractivity contribution in [3.05, 3.63) is 60.2 Å². The highest BCUT2D eigenvalue weighted by Crippen LogP contribution is 2.23. The number of nitrogens with one attached hydrogen (secondary N) is 1. The molecule has 2 aromatic carbocycles. The standard InChI is InChI=1S/C18H16N4O3S/c1-12(22-24)13-7-9-15(10-8-13)19-16(23)11-26-18-21-20-17(25-18)14-5-3-2-4-6-14/h2-10,24H,11H2,1H3,(H,19,23)/b22-12-. The maximum Gasteiger partial charge on any atom is 0.277 e. The number of hydrogen-bond acceptors (Lipinski definition) is 7. The fourth-order valence-corrected chi connectivity index (χ4v) is 2.71. The molecule has 0 fully saturated rings. The fraction of sp³-hybridized carbons (Fsp3) is 0.111. The number of carbonyl (C=O) groups is 1. The van der Waals surface area contributed by atoms with Crippen molar-refractivity contribution in [2.45, 2.75) is 12.1 Å². The number of carbonyl (C=O) groups excluding carboxylic acids is 1. The molecule has 7 nitrogen and oxygen atoms in total. The highest BCUT2D eigenvalue weighted by molar-refractivity contribution is 7.99. The topological polar surface area (TPSA) is 101 Å². The van der Waals surface area contributed by atoms with E-state index in [0.717, 1.165) is 11.1 Å². The number of amides is 1. The number of hydrogen-bond donors (Lipinski definition) is 2. The Hall–Kier alpha value is -3.13. The van der Waals surface area contributed by atoms with E-state index in [0.29, 0.717) is 22.5 Å². The van der Waals surface area contributed by atoms with Gasteiger partial charge in [-0.1, -0.05) is 47.2 Å². The SMILES string of the molecule is C/C(=N/O)c1ccc(NC(=O)CSc2nnc(-c3ccccc3)o2)cc1. The van der Waals surface area contributed by atoms with E-state index >= 15 is 0 Å². The normalized spacial score (nSPS) is 11.3. The minimum Gasteiger partial charge on any atom is -0.411 e. The number of benzene rings is 2. The molecule has 132 valence electrons. The molecule has 0 saturated heterocycles. The van der Waals surface area contributed by atoms with Gasteiger partial charge in [-0.3, -0.25) is 4.79 Å². The van der Waals surface area contributed by atoms with Crippen LogP contribution in [0.1, 0.15) is 12.5 Å². The predicted octanol–water partition coefficient (Wildman–Crippen LogP) is 3.67. The third kappa shape index (κ3) is 4.48. The van der Waals surface area contributed by atoms with Crippen LogP contribution in [0, 0.1) is 0 Å². The van der Waals surface area contributed by atoms with Crippen molar-refractivity contribution in [1.82, 2.24) is 10.2 Å². The maximum atomic E-state index is 12.1. The van der Waals surface area contributed by atoms with Crippen LogP contribution in [0.15, 0.2) is 69.4 Å². The first-order valence-electron chi connectivity index (χ1n) is 7.76. The Morgan fingerprint density at radius 3 is 2.58 bits per heavy atom. The second kappa shape index (κ2) is 8.30. The quantitative estimate of drug-likeness (QED) is 0.298. The summed E-state index contributed by atoms with van der Waals surface area (Å²) < 4.78 is 5.55. The third-order valence-corrected chi connectivity index (χ3v) is 4.31.